The molecule has 4 rings (SSSR count). The molecule has 1 N–H and O–H groups in total. The summed E-state index contributed by atoms with van der Waals surface area (Å²) in [5.74, 6) is 0.451. The fourth-order valence-electron chi connectivity index (χ4n) is 3.22. The minimum Gasteiger partial charge on any atom is -0.306 e. The van der Waals surface area contributed by atoms with E-state index < -0.39 is 0 Å². The first kappa shape index (κ1) is 16.2. The van der Waals surface area contributed by atoms with Crippen molar-refractivity contribution in [3.8, 4) is 10.7 Å². The van der Waals surface area contributed by atoms with E-state index in [0.29, 0.717) is 30.9 Å². The van der Waals surface area contributed by atoms with Crippen LogP contribution in [0.2, 0.25) is 0 Å². The van der Waals surface area contributed by atoms with E-state index in [2.05, 4.69) is 14.9 Å². The van der Waals surface area contributed by atoms with Crippen LogP contribution >= 0.6 is 11.3 Å². The molecular weight excluding hydrogens is 337 g/mol. The summed E-state index contributed by atoms with van der Waals surface area (Å²) >= 11 is 1.55. The van der Waals surface area contributed by atoms with Gasteiger partial charge >= 0.3 is 0 Å². The summed E-state index contributed by atoms with van der Waals surface area (Å²) in [6.07, 6.45) is 0.663. The van der Waals surface area contributed by atoms with Crippen molar-refractivity contribution >= 4 is 11.3 Å². The van der Waals surface area contributed by atoms with Crippen molar-refractivity contribution in [1.82, 2.24) is 14.9 Å². The lowest BCUT2D eigenvalue weighted by molar-refractivity contribution is 0.240. The highest BCUT2D eigenvalue weighted by atomic mass is 32.1. The van der Waals surface area contributed by atoms with Crippen LogP contribution in [0.5, 0.6) is 0 Å². The summed E-state index contributed by atoms with van der Waals surface area (Å²) in [7, 11) is 0. The van der Waals surface area contributed by atoms with Crippen molar-refractivity contribution in [3.05, 3.63) is 74.3 Å². The van der Waals surface area contributed by atoms with Crippen molar-refractivity contribution in [3.63, 3.8) is 0 Å². The summed E-state index contributed by atoms with van der Waals surface area (Å²) in [5.41, 5.74) is 3.22. The maximum atomic E-state index is 13.8. The fourth-order valence-corrected chi connectivity index (χ4v) is 3.89. The van der Waals surface area contributed by atoms with Gasteiger partial charge in [0, 0.05) is 25.2 Å². The standard InChI is InChI=1S/C19H18FN3OS/c1-12-13(4-2-5-15(12)20)10-23-8-7-14-16(11-23)21-18(22-19(14)24)17-6-3-9-25-17/h2-6,9H,7-8,10-11H2,1H3,(H,21,22,24). The van der Waals surface area contributed by atoms with Gasteiger partial charge in [-0.15, -0.1) is 11.3 Å². The number of nitrogens with zero attached hydrogens (tertiary/aromatic N) is 2. The molecule has 1 aliphatic rings. The number of aromatic nitrogens is 2. The molecule has 0 atom stereocenters. The number of hydrogen-bond donors (Lipinski definition) is 1. The smallest absolute Gasteiger partial charge is 0.254 e. The molecule has 2 aromatic heterocycles. The number of thiophene rings is 1. The molecule has 0 fully saturated rings. The number of fused-ring (bicyclic) bond motifs is 1. The number of nitrogens with one attached hydrogen (secondary N) is 1. The molecule has 3 aromatic rings. The van der Waals surface area contributed by atoms with Crippen LogP contribution in [0.1, 0.15) is 22.4 Å². The first-order valence-corrected chi connectivity index (χ1v) is 9.12. The molecule has 0 unspecified atom stereocenters. The van der Waals surface area contributed by atoms with Crippen LogP contribution in [-0.2, 0) is 19.5 Å². The van der Waals surface area contributed by atoms with Crippen LogP contribution in [0.3, 0.4) is 0 Å². The highest BCUT2D eigenvalue weighted by Crippen LogP contribution is 2.23. The van der Waals surface area contributed by atoms with Crippen molar-refractivity contribution < 1.29 is 4.39 Å². The van der Waals surface area contributed by atoms with Gasteiger partial charge in [-0.25, -0.2) is 9.37 Å². The molecule has 1 aromatic carbocycles. The highest BCUT2D eigenvalue weighted by molar-refractivity contribution is 7.13. The van der Waals surface area contributed by atoms with E-state index in [0.717, 1.165) is 28.2 Å². The van der Waals surface area contributed by atoms with E-state index in [1.54, 1.807) is 24.3 Å². The normalized spacial score (nSPS) is 14.5. The van der Waals surface area contributed by atoms with Crippen LogP contribution in [0.25, 0.3) is 10.7 Å². The van der Waals surface area contributed by atoms with Gasteiger partial charge < -0.3 is 4.98 Å². The van der Waals surface area contributed by atoms with Crippen molar-refractivity contribution in [2.75, 3.05) is 6.54 Å². The zero-order chi connectivity index (χ0) is 17.4. The van der Waals surface area contributed by atoms with Gasteiger partial charge in [-0.2, -0.15) is 0 Å². The van der Waals surface area contributed by atoms with Gasteiger partial charge in [0.25, 0.3) is 5.56 Å². The third-order valence-corrected chi connectivity index (χ3v) is 5.56. The summed E-state index contributed by atoms with van der Waals surface area (Å²) in [6.45, 7) is 3.84. The SMILES string of the molecule is Cc1c(F)cccc1CN1CCc2c(nc(-c3cccs3)[nH]c2=O)C1. The summed E-state index contributed by atoms with van der Waals surface area (Å²) in [5, 5.41) is 1.97. The maximum absolute atomic E-state index is 13.8. The molecule has 1 aliphatic heterocycles. The van der Waals surface area contributed by atoms with E-state index in [1.807, 2.05) is 23.6 Å². The Kier molecular flexibility index (Phi) is 4.23. The van der Waals surface area contributed by atoms with E-state index in [1.165, 1.54) is 6.07 Å². The minimum absolute atomic E-state index is 0.0463. The summed E-state index contributed by atoms with van der Waals surface area (Å²) < 4.78 is 13.8. The van der Waals surface area contributed by atoms with Gasteiger partial charge in [-0.3, -0.25) is 9.69 Å². The van der Waals surface area contributed by atoms with Crippen LogP contribution < -0.4 is 5.56 Å². The Balaban J connectivity index is 1.62. The third-order valence-electron chi connectivity index (χ3n) is 4.68. The van der Waals surface area contributed by atoms with Gasteiger partial charge in [0.05, 0.1) is 10.6 Å². The molecule has 0 saturated carbocycles. The van der Waals surface area contributed by atoms with Crippen molar-refractivity contribution in [1.29, 1.82) is 0 Å². The first-order chi connectivity index (χ1) is 12.1. The largest absolute Gasteiger partial charge is 0.306 e. The molecule has 0 saturated heterocycles. The molecule has 25 heavy (non-hydrogen) atoms. The number of hydrogen-bond acceptors (Lipinski definition) is 4. The Bertz CT molecular complexity index is 965. The van der Waals surface area contributed by atoms with Gasteiger partial charge in [0.2, 0.25) is 0 Å². The van der Waals surface area contributed by atoms with Crippen molar-refractivity contribution in [2.24, 2.45) is 0 Å². The first-order valence-electron chi connectivity index (χ1n) is 8.24. The molecule has 0 amide bonds. The second kappa shape index (κ2) is 6.54. The Morgan fingerprint density at radius 1 is 1.32 bits per heavy atom. The zero-order valence-electron chi connectivity index (χ0n) is 13.9. The topological polar surface area (TPSA) is 49.0 Å². The Labute approximate surface area is 149 Å². The molecule has 0 radical (unpaired) electrons. The van der Waals surface area contributed by atoms with E-state index in [4.69, 9.17) is 0 Å². The molecule has 0 spiro atoms. The predicted octanol–water partition coefficient (Wildman–Crippen LogP) is 3.50. The van der Waals surface area contributed by atoms with Gasteiger partial charge in [0.1, 0.15) is 5.82 Å². The van der Waals surface area contributed by atoms with Crippen LogP contribution in [0.4, 0.5) is 4.39 Å². The quantitative estimate of drug-likeness (QED) is 0.782. The lowest BCUT2D eigenvalue weighted by Gasteiger charge is -2.28. The molecule has 6 heteroatoms. The average molecular weight is 355 g/mol. The third kappa shape index (κ3) is 3.15. The molecule has 3 heterocycles. The molecule has 128 valence electrons. The minimum atomic E-state index is -0.176. The van der Waals surface area contributed by atoms with E-state index in [9.17, 15) is 9.18 Å². The van der Waals surface area contributed by atoms with E-state index >= 15 is 0 Å². The van der Waals surface area contributed by atoms with E-state index in [-0.39, 0.29) is 11.4 Å². The lowest BCUT2D eigenvalue weighted by Crippen LogP contribution is -2.35. The zero-order valence-corrected chi connectivity index (χ0v) is 14.7. The second-order valence-electron chi connectivity index (χ2n) is 6.30. The number of aromatic amines is 1. The lowest BCUT2D eigenvalue weighted by atomic mass is 10.0. The van der Waals surface area contributed by atoms with Crippen LogP contribution in [-0.4, -0.2) is 21.4 Å². The Morgan fingerprint density at radius 2 is 2.20 bits per heavy atom. The Hall–Kier alpha value is -2.31. The fraction of sp³-hybridized carbons (Fsp3) is 0.263. The maximum Gasteiger partial charge on any atom is 0.254 e. The van der Waals surface area contributed by atoms with Gasteiger partial charge in [-0.05, 0) is 42.0 Å². The van der Waals surface area contributed by atoms with Gasteiger partial charge in [-0.1, -0.05) is 18.2 Å². The summed E-state index contributed by atoms with van der Waals surface area (Å²) in [6, 6.07) is 9.08. The number of halogens is 1. The molecular formula is C19H18FN3OS. The predicted molar refractivity (Wildman–Crippen MR) is 97.1 cm³/mol. The van der Waals surface area contributed by atoms with Crippen LogP contribution in [0.15, 0.2) is 40.5 Å². The monoisotopic (exact) mass is 355 g/mol. The molecule has 0 bridgehead atoms. The number of H-pyrrole nitrogens is 1. The van der Waals surface area contributed by atoms with Crippen molar-refractivity contribution in [2.45, 2.75) is 26.4 Å². The number of benzene rings is 1. The molecule has 4 nitrogen and oxygen atoms in total. The van der Waals surface area contributed by atoms with Gasteiger partial charge in [0.15, 0.2) is 5.82 Å². The average Bonchev–Trinajstić information content (AvgIpc) is 3.13. The molecule has 0 aliphatic carbocycles. The second-order valence-corrected chi connectivity index (χ2v) is 7.25. The number of rotatable bonds is 3. The summed E-state index contributed by atoms with van der Waals surface area (Å²) in [4.78, 5) is 23.1. The Morgan fingerprint density at radius 3 is 3.00 bits per heavy atom. The highest BCUT2D eigenvalue weighted by Gasteiger charge is 2.22. The van der Waals surface area contributed by atoms with Crippen LogP contribution in [0, 0.1) is 12.7 Å².